The van der Waals surface area contributed by atoms with Crippen molar-refractivity contribution in [2.45, 2.75) is 38.5 Å². The van der Waals surface area contributed by atoms with Gasteiger partial charge in [0.2, 0.25) is 5.91 Å². The van der Waals surface area contributed by atoms with Crippen molar-refractivity contribution in [3.63, 3.8) is 0 Å². The molecule has 0 N–H and O–H groups in total. The number of para-hydroxylation sites is 1. The van der Waals surface area contributed by atoms with Crippen molar-refractivity contribution in [1.82, 2.24) is 9.88 Å². The summed E-state index contributed by atoms with van der Waals surface area (Å²) in [7, 11) is 0. The fourth-order valence-electron chi connectivity index (χ4n) is 3.77. The Kier molecular flexibility index (Phi) is 5.91. The summed E-state index contributed by atoms with van der Waals surface area (Å²) in [5.74, 6) is 1.62. The van der Waals surface area contributed by atoms with Crippen LogP contribution in [-0.4, -0.2) is 35.5 Å². The Labute approximate surface area is 170 Å². The number of hydrogen-bond donors (Lipinski definition) is 0. The van der Waals surface area contributed by atoms with Crippen LogP contribution in [0.25, 0.3) is 10.2 Å². The molecule has 0 unspecified atom stereocenters. The minimum Gasteiger partial charge on any atom is -0.494 e. The molecule has 1 aromatic heterocycles. The molecule has 2 aromatic carbocycles. The summed E-state index contributed by atoms with van der Waals surface area (Å²) >= 11 is 1.80. The maximum Gasteiger partial charge on any atom is 0.222 e. The summed E-state index contributed by atoms with van der Waals surface area (Å²) in [5.41, 5.74) is 2.28. The lowest BCUT2D eigenvalue weighted by atomic mass is 9.97. The molecule has 4 rings (SSSR count). The van der Waals surface area contributed by atoms with Gasteiger partial charge in [0.25, 0.3) is 0 Å². The zero-order valence-electron chi connectivity index (χ0n) is 16.3. The molecule has 28 heavy (non-hydrogen) atoms. The third kappa shape index (κ3) is 4.36. The minimum absolute atomic E-state index is 0.261. The second-order valence-electron chi connectivity index (χ2n) is 7.25. The van der Waals surface area contributed by atoms with E-state index in [1.165, 1.54) is 15.3 Å². The van der Waals surface area contributed by atoms with E-state index in [-0.39, 0.29) is 5.91 Å². The Hall–Kier alpha value is -2.40. The normalized spacial score (nSPS) is 15.1. The largest absolute Gasteiger partial charge is 0.494 e. The molecule has 0 atom stereocenters. The van der Waals surface area contributed by atoms with Crippen molar-refractivity contribution >= 4 is 27.5 Å². The summed E-state index contributed by atoms with van der Waals surface area (Å²) in [6.45, 7) is 4.32. The molecule has 146 valence electrons. The van der Waals surface area contributed by atoms with E-state index in [1.807, 2.05) is 30.0 Å². The minimum atomic E-state index is 0.261. The number of aromatic nitrogens is 1. The van der Waals surface area contributed by atoms with Gasteiger partial charge in [-0.05, 0) is 56.0 Å². The zero-order valence-corrected chi connectivity index (χ0v) is 17.1. The lowest BCUT2D eigenvalue weighted by molar-refractivity contribution is -0.132. The fourth-order valence-corrected chi connectivity index (χ4v) is 4.91. The van der Waals surface area contributed by atoms with Crippen LogP contribution in [0.4, 0.5) is 0 Å². The lowest BCUT2D eigenvalue weighted by Gasteiger charge is -2.31. The van der Waals surface area contributed by atoms with E-state index >= 15 is 0 Å². The van der Waals surface area contributed by atoms with Gasteiger partial charge in [0.15, 0.2) is 0 Å². The quantitative estimate of drug-likeness (QED) is 0.589. The number of aryl methyl sites for hydroxylation is 1. The average Bonchev–Trinajstić information content (AvgIpc) is 3.18. The molecule has 0 spiro atoms. The Bertz CT molecular complexity index is 894. The molecule has 0 radical (unpaired) electrons. The number of piperidine rings is 1. The third-order valence-corrected chi connectivity index (χ3v) is 6.57. The number of amides is 1. The highest BCUT2D eigenvalue weighted by Gasteiger charge is 2.25. The van der Waals surface area contributed by atoms with Crippen LogP contribution in [0.3, 0.4) is 0 Å². The number of nitrogens with zero attached hydrogens (tertiary/aromatic N) is 2. The van der Waals surface area contributed by atoms with Crippen molar-refractivity contribution in [3.05, 3.63) is 59.1 Å². The number of rotatable bonds is 6. The molecule has 3 aromatic rings. The van der Waals surface area contributed by atoms with E-state index in [0.717, 1.165) is 43.6 Å². The van der Waals surface area contributed by atoms with Crippen LogP contribution in [0.15, 0.2) is 48.5 Å². The van der Waals surface area contributed by atoms with Gasteiger partial charge in [-0.25, -0.2) is 4.98 Å². The Morgan fingerprint density at radius 2 is 1.89 bits per heavy atom. The summed E-state index contributed by atoms with van der Waals surface area (Å²) in [5, 5.41) is 1.22. The first-order valence-corrected chi connectivity index (χ1v) is 10.9. The Morgan fingerprint density at radius 1 is 1.14 bits per heavy atom. The Balaban J connectivity index is 1.27. The molecule has 1 fully saturated rings. The molecule has 1 amide bonds. The van der Waals surface area contributed by atoms with Crippen molar-refractivity contribution in [2.24, 2.45) is 0 Å². The average molecular weight is 395 g/mol. The SMILES string of the molecule is CCOc1ccc(CCC(=O)N2CCC(c3nc4ccccc4s3)CC2)cc1. The summed E-state index contributed by atoms with van der Waals surface area (Å²) in [6.07, 6.45) is 3.37. The highest BCUT2D eigenvalue weighted by atomic mass is 32.1. The second kappa shape index (κ2) is 8.74. The Morgan fingerprint density at radius 3 is 2.61 bits per heavy atom. The number of carbonyl (C=O) groups is 1. The first-order valence-electron chi connectivity index (χ1n) is 10.1. The number of ether oxygens (including phenoxy) is 1. The van der Waals surface area contributed by atoms with E-state index in [9.17, 15) is 4.79 Å². The first kappa shape index (κ1) is 18.9. The molecule has 1 saturated heterocycles. The van der Waals surface area contributed by atoms with Crippen LogP contribution in [0.5, 0.6) is 5.75 Å². The van der Waals surface area contributed by atoms with E-state index in [0.29, 0.717) is 18.9 Å². The van der Waals surface area contributed by atoms with Gasteiger partial charge < -0.3 is 9.64 Å². The van der Waals surface area contributed by atoms with E-state index in [4.69, 9.17) is 9.72 Å². The first-order chi connectivity index (χ1) is 13.7. The molecule has 1 aliphatic rings. The van der Waals surface area contributed by atoms with Crippen molar-refractivity contribution in [2.75, 3.05) is 19.7 Å². The number of carbonyl (C=O) groups excluding carboxylic acids is 1. The topological polar surface area (TPSA) is 42.4 Å². The number of benzene rings is 2. The summed E-state index contributed by atoms with van der Waals surface area (Å²) in [4.78, 5) is 19.4. The standard InChI is InChI=1S/C23H26N2O2S/c1-2-27-19-10-7-17(8-11-19)9-12-22(26)25-15-13-18(14-16-25)23-24-20-5-3-4-6-21(20)28-23/h3-8,10-11,18H,2,9,12-16H2,1H3. The molecule has 2 heterocycles. The van der Waals surface area contributed by atoms with Crippen LogP contribution in [0.1, 0.15) is 42.7 Å². The van der Waals surface area contributed by atoms with Crippen LogP contribution in [0, 0.1) is 0 Å². The van der Waals surface area contributed by atoms with Gasteiger partial charge in [-0.15, -0.1) is 11.3 Å². The number of likely N-dealkylation sites (tertiary alicyclic amines) is 1. The van der Waals surface area contributed by atoms with Gasteiger partial charge in [-0.2, -0.15) is 0 Å². The van der Waals surface area contributed by atoms with Gasteiger partial charge in [0.05, 0.1) is 21.8 Å². The van der Waals surface area contributed by atoms with Crippen molar-refractivity contribution in [1.29, 1.82) is 0 Å². The van der Waals surface area contributed by atoms with Gasteiger partial charge in [0.1, 0.15) is 5.75 Å². The molecule has 4 nitrogen and oxygen atoms in total. The van der Waals surface area contributed by atoms with E-state index in [1.54, 1.807) is 11.3 Å². The molecular weight excluding hydrogens is 368 g/mol. The van der Waals surface area contributed by atoms with Gasteiger partial charge >= 0.3 is 0 Å². The van der Waals surface area contributed by atoms with Crippen LogP contribution in [0.2, 0.25) is 0 Å². The molecule has 5 heteroatoms. The van der Waals surface area contributed by atoms with E-state index in [2.05, 4.69) is 30.3 Å². The number of hydrogen-bond acceptors (Lipinski definition) is 4. The second-order valence-corrected chi connectivity index (χ2v) is 8.31. The highest BCUT2D eigenvalue weighted by molar-refractivity contribution is 7.18. The van der Waals surface area contributed by atoms with Crippen LogP contribution in [-0.2, 0) is 11.2 Å². The van der Waals surface area contributed by atoms with Crippen molar-refractivity contribution in [3.8, 4) is 5.75 Å². The van der Waals surface area contributed by atoms with Crippen molar-refractivity contribution < 1.29 is 9.53 Å². The predicted octanol–water partition coefficient (Wildman–Crippen LogP) is 5.03. The smallest absolute Gasteiger partial charge is 0.222 e. The lowest BCUT2D eigenvalue weighted by Crippen LogP contribution is -2.38. The van der Waals surface area contributed by atoms with Crippen LogP contribution >= 0.6 is 11.3 Å². The maximum absolute atomic E-state index is 12.6. The third-order valence-electron chi connectivity index (χ3n) is 5.37. The van der Waals surface area contributed by atoms with Gasteiger partial charge in [0, 0.05) is 25.4 Å². The maximum atomic E-state index is 12.6. The van der Waals surface area contributed by atoms with E-state index < -0.39 is 0 Å². The summed E-state index contributed by atoms with van der Waals surface area (Å²) < 4.78 is 6.72. The molecule has 0 aliphatic carbocycles. The van der Waals surface area contributed by atoms with Crippen LogP contribution < -0.4 is 4.74 Å². The molecule has 0 bridgehead atoms. The number of fused-ring (bicyclic) bond motifs is 1. The monoisotopic (exact) mass is 394 g/mol. The van der Waals surface area contributed by atoms with Gasteiger partial charge in [-0.1, -0.05) is 24.3 Å². The highest BCUT2D eigenvalue weighted by Crippen LogP contribution is 2.33. The summed E-state index contributed by atoms with van der Waals surface area (Å²) in [6, 6.07) is 16.4. The molecule has 0 saturated carbocycles. The predicted molar refractivity (Wildman–Crippen MR) is 114 cm³/mol. The number of thiazole rings is 1. The molecule has 1 aliphatic heterocycles. The molecular formula is C23H26N2O2S. The van der Waals surface area contributed by atoms with Gasteiger partial charge in [-0.3, -0.25) is 4.79 Å². The fraction of sp³-hybridized carbons (Fsp3) is 0.391. The zero-order chi connectivity index (χ0) is 19.3.